The van der Waals surface area contributed by atoms with Crippen LogP contribution < -0.4 is 5.73 Å². The highest BCUT2D eigenvalue weighted by Crippen LogP contribution is 2.25. The second kappa shape index (κ2) is 3.81. The monoisotopic (exact) mass is 242 g/mol. The number of halogens is 1. The Labute approximate surface area is 95.7 Å². The van der Waals surface area contributed by atoms with Gasteiger partial charge in [0.25, 0.3) is 0 Å². The molecule has 0 radical (unpaired) electrons. The Kier molecular flexibility index (Phi) is 2.67. The number of thiophene rings is 1. The Morgan fingerprint density at radius 3 is 3.07 bits per heavy atom. The average Bonchev–Trinajstić information content (AvgIpc) is 2.44. The highest BCUT2D eigenvalue weighted by atomic mass is 35.5. The number of hydrogen-bond acceptors (Lipinski definition) is 3. The first-order valence-electron chi connectivity index (χ1n) is 3.98. The first-order valence-corrected chi connectivity index (χ1v) is 5.59. The zero-order valence-electron chi connectivity index (χ0n) is 7.16. The van der Waals surface area contributed by atoms with Gasteiger partial charge in [0.15, 0.2) is 0 Å². The third-order valence-electron chi connectivity index (χ3n) is 1.74. The van der Waals surface area contributed by atoms with E-state index >= 15 is 0 Å². The summed E-state index contributed by atoms with van der Waals surface area (Å²) in [4.78, 5) is 5.82. The molecule has 5 heteroatoms. The summed E-state index contributed by atoms with van der Waals surface area (Å²) in [5.41, 5.74) is 6.38. The molecule has 2 N–H and O–H groups in total. The molecule has 0 unspecified atom stereocenters. The van der Waals surface area contributed by atoms with E-state index in [-0.39, 0.29) is 0 Å². The number of thiocarbonyl (C=S) groups is 1. The molecule has 2 heterocycles. The van der Waals surface area contributed by atoms with Crippen LogP contribution in [0.2, 0.25) is 5.15 Å². The number of pyridine rings is 1. The van der Waals surface area contributed by atoms with Crippen molar-refractivity contribution in [2.24, 2.45) is 5.73 Å². The number of rotatable bonds is 2. The molecule has 0 bridgehead atoms. The smallest absolute Gasteiger partial charge is 0.129 e. The molecule has 0 atom stereocenters. The van der Waals surface area contributed by atoms with Crippen LogP contribution in [0.5, 0.6) is 0 Å². The van der Waals surface area contributed by atoms with E-state index in [1.165, 1.54) is 0 Å². The molecule has 0 spiro atoms. The maximum atomic E-state index is 5.78. The van der Waals surface area contributed by atoms with Gasteiger partial charge >= 0.3 is 0 Å². The van der Waals surface area contributed by atoms with Crippen LogP contribution in [0, 0.1) is 0 Å². The molecule has 72 valence electrons. The van der Waals surface area contributed by atoms with Gasteiger partial charge in [-0.15, -0.1) is 11.3 Å². The largest absolute Gasteiger partial charge is 0.393 e. The number of aromatic nitrogens is 1. The number of nitrogens with zero attached hydrogens (tertiary/aromatic N) is 1. The van der Waals surface area contributed by atoms with Crippen LogP contribution in [-0.2, 0) is 6.42 Å². The molecule has 2 aromatic heterocycles. The summed E-state index contributed by atoms with van der Waals surface area (Å²) in [5.74, 6) is 0. The van der Waals surface area contributed by atoms with Crippen molar-refractivity contribution >= 4 is 50.4 Å². The Morgan fingerprint density at radius 1 is 1.57 bits per heavy atom. The molecule has 0 aliphatic carbocycles. The van der Waals surface area contributed by atoms with Gasteiger partial charge in [0.1, 0.15) is 5.15 Å². The number of hydrogen-bond donors (Lipinski definition) is 1. The maximum Gasteiger partial charge on any atom is 0.129 e. The molecule has 0 saturated carbocycles. The van der Waals surface area contributed by atoms with Crippen molar-refractivity contribution in [1.82, 2.24) is 4.98 Å². The fourth-order valence-corrected chi connectivity index (χ4v) is 2.64. The zero-order valence-corrected chi connectivity index (χ0v) is 9.55. The summed E-state index contributed by atoms with van der Waals surface area (Å²) in [6.45, 7) is 0. The zero-order chi connectivity index (χ0) is 10.1. The minimum atomic E-state index is 0.502. The summed E-state index contributed by atoms with van der Waals surface area (Å²) in [6.07, 6.45) is 0.633. The van der Waals surface area contributed by atoms with Gasteiger partial charge in [-0.05, 0) is 18.2 Å². The van der Waals surface area contributed by atoms with E-state index < -0.39 is 0 Å². The van der Waals surface area contributed by atoms with E-state index in [0.29, 0.717) is 16.6 Å². The van der Waals surface area contributed by atoms with Crippen molar-refractivity contribution in [2.75, 3.05) is 0 Å². The predicted molar refractivity (Wildman–Crippen MR) is 65.1 cm³/mol. The van der Waals surface area contributed by atoms with Gasteiger partial charge in [-0.1, -0.05) is 23.8 Å². The molecule has 2 rings (SSSR count). The van der Waals surface area contributed by atoms with Gasteiger partial charge in [-0.3, -0.25) is 0 Å². The van der Waals surface area contributed by atoms with E-state index in [1.54, 1.807) is 17.4 Å². The van der Waals surface area contributed by atoms with Crippen molar-refractivity contribution in [3.8, 4) is 0 Å². The average molecular weight is 243 g/mol. The first kappa shape index (κ1) is 9.83. The summed E-state index contributed by atoms with van der Waals surface area (Å²) in [7, 11) is 0. The predicted octanol–water partition coefficient (Wildman–Crippen LogP) is 2.78. The van der Waals surface area contributed by atoms with Crippen LogP contribution in [-0.4, -0.2) is 9.97 Å². The van der Waals surface area contributed by atoms with Crippen molar-refractivity contribution in [1.29, 1.82) is 0 Å². The van der Waals surface area contributed by atoms with Crippen molar-refractivity contribution in [3.63, 3.8) is 0 Å². The highest BCUT2D eigenvalue weighted by Gasteiger charge is 2.04. The summed E-state index contributed by atoms with van der Waals surface area (Å²) in [5, 5.41) is 0.511. The van der Waals surface area contributed by atoms with Gasteiger partial charge in [0.2, 0.25) is 0 Å². The van der Waals surface area contributed by atoms with Gasteiger partial charge in [0.05, 0.1) is 15.2 Å². The fraction of sp³-hybridized carbons (Fsp3) is 0.111. The summed E-state index contributed by atoms with van der Waals surface area (Å²) in [6, 6.07) is 5.72. The molecule has 2 nitrogen and oxygen atoms in total. The number of nitrogens with two attached hydrogens (primary N) is 1. The van der Waals surface area contributed by atoms with Gasteiger partial charge in [-0.2, -0.15) is 0 Å². The van der Waals surface area contributed by atoms with Crippen LogP contribution in [0.4, 0.5) is 0 Å². The molecule has 0 aromatic carbocycles. The van der Waals surface area contributed by atoms with Crippen LogP contribution in [0.3, 0.4) is 0 Å². The van der Waals surface area contributed by atoms with Crippen LogP contribution in [0.1, 0.15) is 4.88 Å². The minimum absolute atomic E-state index is 0.502. The molecule has 0 fully saturated rings. The molecular weight excluding hydrogens is 236 g/mol. The lowest BCUT2D eigenvalue weighted by molar-refractivity contribution is 1.39. The summed E-state index contributed by atoms with van der Waals surface area (Å²) >= 11 is 12.3. The van der Waals surface area contributed by atoms with Gasteiger partial charge in [-0.25, -0.2) is 4.98 Å². The quantitative estimate of drug-likeness (QED) is 0.650. The standard InChI is InChI=1S/C9H7ClN2S2/c10-8-2-1-7-6(12-8)3-5(14-7)4-9(11)13/h1-3H,4H2,(H2,11,13). The lowest BCUT2D eigenvalue weighted by Crippen LogP contribution is -2.09. The molecular formula is C9H7ClN2S2. The normalized spacial score (nSPS) is 10.6. The van der Waals surface area contributed by atoms with Crippen molar-refractivity contribution < 1.29 is 0 Å². The van der Waals surface area contributed by atoms with Crippen LogP contribution in [0.25, 0.3) is 10.2 Å². The topological polar surface area (TPSA) is 38.9 Å². The molecule has 0 saturated heterocycles. The molecule has 0 amide bonds. The lowest BCUT2D eigenvalue weighted by atomic mass is 10.3. The third-order valence-corrected chi connectivity index (χ3v) is 3.18. The second-order valence-electron chi connectivity index (χ2n) is 2.87. The van der Waals surface area contributed by atoms with Crippen LogP contribution in [0.15, 0.2) is 18.2 Å². The van der Waals surface area contributed by atoms with E-state index in [2.05, 4.69) is 4.98 Å². The van der Waals surface area contributed by atoms with E-state index in [4.69, 9.17) is 29.6 Å². The van der Waals surface area contributed by atoms with Crippen LogP contribution >= 0.6 is 35.2 Å². The fourth-order valence-electron chi connectivity index (χ4n) is 1.21. The third kappa shape index (κ3) is 2.03. The Hall–Kier alpha value is -0.710. The van der Waals surface area contributed by atoms with E-state index in [9.17, 15) is 0 Å². The number of fused-ring (bicyclic) bond motifs is 1. The molecule has 0 aliphatic heterocycles. The SMILES string of the molecule is NC(=S)Cc1cc2nc(Cl)ccc2s1. The van der Waals surface area contributed by atoms with E-state index in [1.807, 2.05) is 12.1 Å². The first-order chi connectivity index (χ1) is 6.65. The second-order valence-corrected chi connectivity index (χ2v) is 4.95. The maximum absolute atomic E-state index is 5.78. The summed E-state index contributed by atoms with van der Waals surface area (Å²) < 4.78 is 1.11. The van der Waals surface area contributed by atoms with Crippen molar-refractivity contribution in [3.05, 3.63) is 28.2 Å². The minimum Gasteiger partial charge on any atom is -0.393 e. The molecule has 2 aromatic rings. The molecule has 0 aliphatic rings. The van der Waals surface area contributed by atoms with E-state index in [0.717, 1.165) is 15.1 Å². The van der Waals surface area contributed by atoms with Crippen molar-refractivity contribution in [2.45, 2.75) is 6.42 Å². The molecule has 14 heavy (non-hydrogen) atoms. The Morgan fingerprint density at radius 2 is 2.36 bits per heavy atom. The Bertz CT molecular complexity index is 493. The highest BCUT2D eigenvalue weighted by molar-refractivity contribution is 7.80. The lowest BCUT2D eigenvalue weighted by Gasteiger charge is -1.90. The van der Waals surface area contributed by atoms with Gasteiger partial charge in [0, 0.05) is 11.3 Å². The van der Waals surface area contributed by atoms with Gasteiger partial charge < -0.3 is 5.73 Å². The Balaban J connectivity index is 2.46.